The first-order valence-electron chi connectivity index (χ1n) is 6.28. The molecule has 5 heteroatoms. The molecule has 0 amide bonds. The van der Waals surface area contributed by atoms with Crippen LogP contribution in [0, 0.1) is 0 Å². The number of hydrogen-bond acceptors (Lipinski definition) is 5. The molecule has 92 valence electrons. The Morgan fingerprint density at radius 3 is 2.71 bits per heavy atom. The fraction of sp³-hybridized carbons (Fsp3) is 0.667. The molecule has 1 aromatic rings. The third kappa shape index (κ3) is 1.95. The number of anilines is 1. The quantitative estimate of drug-likeness (QED) is 0.802. The molecular weight excluding hydrogens is 216 g/mol. The standard InChI is InChI=1S/C12H18N4O/c1-17-12-14-10-4-6-13-5-3-9(10)11(15-12)16-7-2-8-16/h13H,2-8H2,1H3. The van der Waals surface area contributed by atoms with E-state index in [9.17, 15) is 0 Å². The lowest BCUT2D eigenvalue weighted by Crippen LogP contribution is -2.38. The highest BCUT2D eigenvalue weighted by molar-refractivity contribution is 5.52. The topological polar surface area (TPSA) is 50.3 Å². The smallest absolute Gasteiger partial charge is 0.318 e. The zero-order valence-electron chi connectivity index (χ0n) is 10.2. The highest BCUT2D eigenvalue weighted by Crippen LogP contribution is 2.28. The Kier molecular flexibility index (Phi) is 2.84. The molecule has 0 aliphatic carbocycles. The highest BCUT2D eigenvalue weighted by atomic mass is 16.5. The first-order chi connectivity index (χ1) is 8.38. The van der Waals surface area contributed by atoms with Gasteiger partial charge in [-0.25, -0.2) is 0 Å². The van der Waals surface area contributed by atoms with Crippen molar-refractivity contribution in [2.24, 2.45) is 0 Å². The Labute approximate surface area is 101 Å². The summed E-state index contributed by atoms with van der Waals surface area (Å²) in [5.41, 5.74) is 2.47. The van der Waals surface area contributed by atoms with Gasteiger partial charge in [-0.2, -0.15) is 9.97 Å². The zero-order valence-corrected chi connectivity index (χ0v) is 10.2. The van der Waals surface area contributed by atoms with E-state index in [1.165, 1.54) is 12.0 Å². The van der Waals surface area contributed by atoms with Gasteiger partial charge in [-0.1, -0.05) is 0 Å². The fourth-order valence-corrected chi connectivity index (χ4v) is 2.38. The number of fused-ring (bicyclic) bond motifs is 1. The molecular formula is C12H18N4O. The molecule has 1 fully saturated rings. The number of nitrogens with one attached hydrogen (secondary N) is 1. The Balaban J connectivity index is 2.04. The van der Waals surface area contributed by atoms with E-state index < -0.39 is 0 Å². The molecule has 0 spiro atoms. The van der Waals surface area contributed by atoms with Crippen LogP contribution in [0.15, 0.2) is 0 Å². The minimum atomic E-state index is 0.507. The summed E-state index contributed by atoms with van der Waals surface area (Å²) in [7, 11) is 1.64. The lowest BCUT2D eigenvalue weighted by atomic mass is 10.1. The molecule has 17 heavy (non-hydrogen) atoms. The number of ether oxygens (including phenoxy) is 1. The Hall–Kier alpha value is -1.36. The van der Waals surface area contributed by atoms with E-state index in [0.717, 1.165) is 50.5 Å². The average Bonchev–Trinajstić information content (AvgIpc) is 2.51. The van der Waals surface area contributed by atoms with Gasteiger partial charge >= 0.3 is 6.01 Å². The molecule has 0 saturated carbocycles. The largest absolute Gasteiger partial charge is 0.467 e. The molecule has 0 atom stereocenters. The first kappa shape index (κ1) is 10.8. The summed E-state index contributed by atoms with van der Waals surface area (Å²) in [6.45, 7) is 4.23. The molecule has 1 saturated heterocycles. The van der Waals surface area contributed by atoms with Gasteiger partial charge in [0.05, 0.1) is 12.8 Å². The Morgan fingerprint density at radius 1 is 1.18 bits per heavy atom. The minimum absolute atomic E-state index is 0.507. The van der Waals surface area contributed by atoms with E-state index >= 15 is 0 Å². The van der Waals surface area contributed by atoms with Gasteiger partial charge in [-0.05, 0) is 19.4 Å². The molecule has 1 aromatic heterocycles. The van der Waals surface area contributed by atoms with Crippen LogP contribution in [0.1, 0.15) is 17.7 Å². The number of methoxy groups -OCH3 is 1. The molecule has 3 rings (SSSR count). The van der Waals surface area contributed by atoms with E-state index in [0.29, 0.717) is 6.01 Å². The molecule has 0 radical (unpaired) electrons. The van der Waals surface area contributed by atoms with E-state index in [4.69, 9.17) is 4.74 Å². The van der Waals surface area contributed by atoms with Crippen LogP contribution in [-0.4, -0.2) is 43.3 Å². The lowest BCUT2D eigenvalue weighted by molar-refractivity contribution is 0.376. The molecule has 1 N–H and O–H groups in total. The maximum atomic E-state index is 5.21. The Bertz CT molecular complexity index is 417. The van der Waals surface area contributed by atoms with Crippen LogP contribution in [0.25, 0.3) is 0 Å². The van der Waals surface area contributed by atoms with Crippen molar-refractivity contribution >= 4 is 5.82 Å². The summed E-state index contributed by atoms with van der Waals surface area (Å²) in [5.74, 6) is 1.10. The maximum absolute atomic E-state index is 5.21. The normalized spacial score (nSPS) is 19.2. The van der Waals surface area contributed by atoms with Crippen molar-refractivity contribution in [3.63, 3.8) is 0 Å². The van der Waals surface area contributed by atoms with Crippen LogP contribution in [0.3, 0.4) is 0 Å². The van der Waals surface area contributed by atoms with Gasteiger partial charge in [-0.15, -0.1) is 0 Å². The second kappa shape index (κ2) is 4.49. The van der Waals surface area contributed by atoms with E-state index in [1.807, 2.05) is 0 Å². The minimum Gasteiger partial charge on any atom is -0.467 e. The second-order valence-corrected chi connectivity index (χ2v) is 4.55. The average molecular weight is 234 g/mol. The van der Waals surface area contributed by atoms with E-state index in [-0.39, 0.29) is 0 Å². The van der Waals surface area contributed by atoms with Gasteiger partial charge < -0.3 is 15.0 Å². The van der Waals surface area contributed by atoms with Crippen LogP contribution < -0.4 is 15.0 Å². The predicted molar refractivity (Wildman–Crippen MR) is 65.7 cm³/mol. The van der Waals surface area contributed by atoms with E-state index in [1.54, 1.807) is 7.11 Å². The summed E-state index contributed by atoms with van der Waals surface area (Å²) >= 11 is 0. The SMILES string of the molecule is COc1nc2c(c(N3CCC3)n1)CCNCC2. The number of aromatic nitrogens is 2. The predicted octanol–water partition coefficient (Wildman–Crippen LogP) is 0.384. The van der Waals surface area contributed by atoms with Crippen molar-refractivity contribution in [3.05, 3.63) is 11.3 Å². The number of nitrogens with zero attached hydrogens (tertiary/aromatic N) is 3. The van der Waals surface area contributed by atoms with Gasteiger partial charge in [0.1, 0.15) is 5.82 Å². The summed E-state index contributed by atoms with van der Waals surface area (Å²) < 4.78 is 5.21. The molecule has 2 aliphatic rings. The fourth-order valence-electron chi connectivity index (χ4n) is 2.38. The van der Waals surface area contributed by atoms with Gasteiger partial charge in [0.25, 0.3) is 0 Å². The van der Waals surface area contributed by atoms with Crippen molar-refractivity contribution in [2.45, 2.75) is 19.3 Å². The first-order valence-corrected chi connectivity index (χ1v) is 6.28. The highest BCUT2D eigenvalue weighted by Gasteiger charge is 2.24. The number of hydrogen-bond donors (Lipinski definition) is 1. The molecule has 3 heterocycles. The maximum Gasteiger partial charge on any atom is 0.318 e. The van der Waals surface area contributed by atoms with Crippen molar-refractivity contribution in [1.82, 2.24) is 15.3 Å². The van der Waals surface area contributed by atoms with Gasteiger partial charge in [-0.3, -0.25) is 0 Å². The molecule has 2 aliphatic heterocycles. The molecule has 0 aromatic carbocycles. The van der Waals surface area contributed by atoms with Crippen molar-refractivity contribution in [3.8, 4) is 6.01 Å². The lowest BCUT2D eigenvalue weighted by Gasteiger charge is -2.33. The summed E-state index contributed by atoms with van der Waals surface area (Å²) in [4.78, 5) is 11.4. The van der Waals surface area contributed by atoms with Crippen LogP contribution in [0.2, 0.25) is 0 Å². The van der Waals surface area contributed by atoms with Gasteiger partial charge in [0, 0.05) is 31.6 Å². The van der Waals surface area contributed by atoms with Crippen molar-refractivity contribution in [2.75, 3.05) is 38.2 Å². The molecule has 0 bridgehead atoms. The van der Waals surface area contributed by atoms with Crippen LogP contribution in [-0.2, 0) is 12.8 Å². The summed E-state index contributed by atoms with van der Waals surface area (Å²) in [6.07, 6.45) is 3.25. The van der Waals surface area contributed by atoms with Gasteiger partial charge in [0.2, 0.25) is 0 Å². The Morgan fingerprint density at radius 2 is 2.00 bits per heavy atom. The van der Waals surface area contributed by atoms with Crippen LogP contribution in [0.5, 0.6) is 6.01 Å². The second-order valence-electron chi connectivity index (χ2n) is 4.55. The summed E-state index contributed by atoms with van der Waals surface area (Å²) in [5, 5.41) is 3.41. The van der Waals surface area contributed by atoms with Gasteiger partial charge in [0.15, 0.2) is 0 Å². The molecule has 0 unspecified atom stereocenters. The van der Waals surface area contributed by atoms with E-state index in [2.05, 4.69) is 20.2 Å². The third-order valence-corrected chi connectivity index (χ3v) is 3.48. The monoisotopic (exact) mass is 234 g/mol. The number of rotatable bonds is 2. The van der Waals surface area contributed by atoms with Crippen molar-refractivity contribution in [1.29, 1.82) is 0 Å². The van der Waals surface area contributed by atoms with Crippen LogP contribution in [0.4, 0.5) is 5.82 Å². The zero-order chi connectivity index (χ0) is 11.7. The van der Waals surface area contributed by atoms with Crippen molar-refractivity contribution < 1.29 is 4.74 Å². The summed E-state index contributed by atoms with van der Waals surface area (Å²) in [6, 6.07) is 0.507. The van der Waals surface area contributed by atoms with Crippen LogP contribution >= 0.6 is 0 Å². The molecule has 5 nitrogen and oxygen atoms in total. The third-order valence-electron chi connectivity index (χ3n) is 3.48.